The van der Waals surface area contributed by atoms with Gasteiger partial charge in [-0.2, -0.15) is 21.6 Å². The molecule has 0 aliphatic rings. The van der Waals surface area contributed by atoms with Gasteiger partial charge in [0.2, 0.25) is 0 Å². The average molecular weight is 292 g/mol. The van der Waals surface area contributed by atoms with Crippen molar-refractivity contribution in [3.63, 3.8) is 0 Å². The van der Waals surface area contributed by atoms with Gasteiger partial charge < -0.3 is 0 Å². The second kappa shape index (κ2) is 10.9. The zero-order chi connectivity index (χ0) is 15.4. The maximum atomic E-state index is 10.7. The highest BCUT2D eigenvalue weighted by molar-refractivity contribution is 7.86. The number of Topliss-reactive ketones (excluding diaryl/α,β-unsaturated/α-hetero) is 1. The van der Waals surface area contributed by atoms with Gasteiger partial charge in [-0.15, -0.1) is 13.2 Å². The Labute approximate surface area is 103 Å². The fourth-order valence-corrected chi connectivity index (χ4v) is 0.410. The summed E-state index contributed by atoms with van der Waals surface area (Å²) in [4.78, 5) is 19.9. The van der Waals surface area contributed by atoms with Crippen LogP contribution in [-0.2, 0) is 19.7 Å². The van der Waals surface area contributed by atoms with Crippen LogP contribution in [0.2, 0.25) is 0 Å². The van der Waals surface area contributed by atoms with E-state index in [9.17, 15) is 22.8 Å². The van der Waals surface area contributed by atoms with E-state index in [1.54, 1.807) is 0 Å². The third-order valence-corrected chi connectivity index (χ3v) is 1.79. The number of carbonyl (C=O) groups is 2. The standard InChI is InChI=1S/C6H10O2.C2H4.CHF3O3S/c1-2-3-4-6(8)5-7;1-2;2-1(3,4)8(5,6)7/h5H,2-4H2,1H3;1-2H2;(H,5,6,7). The van der Waals surface area contributed by atoms with Gasteiger partial charge >= 0.3 is 15.6 Å². The van der Waals surface area contributed by atoms with E-state index < -0.39 is 15.6 Å². The van der Waals surface area contributed by atoms with Gasteiger partial charge in [0.1, 0.15) is 0 Å². The van der Waals surface area contributed by atoms with Gasteiger partial charge in [0.15, 0.2) is 12.1 Å². The first-order valence-corrected chi connectivity index (χ1v) is 6.02. The molecule has 0 aromatic heterocycles. The van der Waals surface area contributed by atoms with Gasteiger partial charge in [-0.05, 0) is 6.42 Å². The van der Waals surface area contributed by atoms with Crippen LogP contribution in [0.5, 0.6) is 0 Å². The molecule has 0 fully saturated rings. The van der Waals surface area contributed by atoms with Crippen molar-refractivity contribution in [2.45, 2.75) is 31.7 Å². The fourth-order valence-electron chi connectivity index (χ4n) is 0.410. The van der Waals surface area contributed by atoms with E-state index in [-0.39, 0.29) is 5.78 Å². The van der Waals surface area contributed by atoms with E-state index in [1.807, 2.05) is 6.92 Å². The molecule has 0 amide bonds. The molecule has 0 aliphatic carbocycles. The Balaban J connectivity index is -0.000000219. The van der Waals surface area contributed by atoms with Crippen LogP contribution >= 0.6 is 0 Å². The van der Waals surface area contributed by atoms with E-state index in [4.69, 9.17) is 13.0 Å². The molecule has 0 heterocycles. The number of halogens is 3. The number of carbonyl (C=O) groups excluding carboxylic acids is 2. The number of hydrogen-bond acceptors (Lipinski definition) is 4. The van der Waals surface area contributed by atoms with Crippen LogP contribution in [0, 0.1) is 0 Å². The molecule has 18 heavy (non-hydrogen) atoms. The topological polar surface area (TPSA) is 88.5 Å². The van der Waals surface area contributed by atoms with E-state index in [0.29, 0.717) is 12.7 Å². The van der Waals surface area contributed by atoms with E-state index in [1.165, 1.54) is 0 Å². The summed E-state index contributed by atoms with van der Waals surface area (Å²) >= 11 is 0. The van der Waals surface area contributed by atoms with Gasteiger partial charge in [0.05, 0.1) is 0 Å². The average Bonchev–Trinajstić information content (AvgIpc) is 2.26. The highest BCUT2D eigenvalue weighted by Gasteiger charge is 2.44. The lowest BCUT2D eigenvalue weighted by Gasteiger charge is -1.97. The molecule has 108 valence electrons. The molecule has 0 atom stereocenters. The molecule has 0 saturated heterocycles. The molecule has 0 saturated carbocycles. The van der Waals surface area contributed by atoms with Crippen molar-refractivity contribution in [1.29, 1.82) is 0 Å². The molecule has 0 aromatic rings. The number of rotatable bonds is 4. The minimum absolute atomic E-state index is 0.285. The Hall–Kier alpha value is -1.22. The minimum atomic E-state index is -5.84. The van der Waals surface area contributed by atoms with Gasteiger partial charge in [-0.25, -0.2) is 0 Å². The van der Waals surface area contributed by atoms with Crippen molar-refractivity contribution in [2.24, 2.45) is 0 Å². The maximum Gasteiger partial charge on any atom is 0.522 e. The summed E-state index contributed by atoms with van der Waals surface area (Å²) in [5.74, 6) is -0.285. The molecule has 5 nitrogen and oxygen atoms in total. The predicted octanol–water partition coefficient (Wildman–Crippen LogP) is 2.14. The molecule has 0 spiro atoms. The Morgan fingerprint density at radius 2 is 1.67 bits per heavy atom. The van der Waals surface area contributed by atoms with Crippen molar-refractivity contribution in [1.82, 2.24) is 0 Å². The van der Waals surface area contributed by atoms with E-state index >= 15 is 0 Å². The zero-order valence-electron chi connectivity index (χ0n) is 9.74. The summed E-state index contributed by atoms with van der Waals surface area (Å²) in [6, 6.07) is 0. The first-order chi connectivity index (χ1) is 8.06. The summed E-state index contributed by atoms with van der Waals surface area (Å²) in [5, 5.41) is 0. The third-order valence-electron chi connectivity index (χ3n) is 1.20. The minimum Gasteiger partial charge on any atom is -0.295 e. The zero-order valence-corrected chi connectivity index (χ0v) is 10.6. The summed E-state index contributed by atoms with van der Waals surface area (Å²) in [6.45, 7) is 7.98. The molecular formula is C9H15F3O5S. The van der Waals surface area contributed by atoms with E-state index in [0.717, 1.165) is 12.8 Å². The molecule has 0 rings (SSSR count). The van der Waals surface area contributed by atoms with Crippen molar-refractivity contribution in [3.05, 3.63) is 13.2 Å². The fraction of sp³-hybridized carbons (Fsp3) is 0.556. The first-order valence-electron chi connectivity index (χ1n) is 4.58. The Bertz CT molecular complexity index is 335. The SMILES string of the molecule is C=C.CCCCC(=O)C=O.O=S(=O)(O)C(F)(F)F. The van der Waals surface area contributed by atoms with Crippen molar-refractivity contribution < 1.29 is 35.7 Å². The monoisotopic (exact) mass is 292 g/mol. The second-order valence-corrected chi connectivity index (χ2v) is 4.02. The van der Waals surface area contributed by atoms with Gasteiger partial charge in [0.25, 0.3) is 0 Å². The molecule has 0 aliphatic heterocycles. The highest BCUT2D eigenvalue weighted by atomic mass is 32.2. The molecule has 0 bridgehead atoms. The van der Waals surface area contributed by atoms with Gasteiger partial charge in [0, 0.05) is 6.42 Å². The highest BCUT2D eigenvalue weighted by Crippen LogP contribution is 2.20. The Morgan fingerprint density at radius 3 is 1.83 bits per heavy atom. The molecule has 0 aromatic carbocycles. The smallest absolute Gasteiger partial charge is 0.295 e. The van der Waals surface area contributed by atoms with Crippen LogP contribution in [0.4, 0.5) is 13.2 Å². The first kappa shape index (κ1) is 22.0. The number of alkyl halides is 3. The Kier molecular flexibility index (Phi) is 13.3. The van der Waals surface area contributed by atoms with Crippen LogP contribution in [0.25, 0.3) is 0 Å². The molecule has 1 N–H and O–H groups in total. The van der Waals surface area contributed by atoms with Crippen LogP contribution in [0.15, 0.2) is 13.2 Å². The van der Waals surface area contributed by atoms with Gasteiger partial charge in [-0.1, -0.05) is 13.3 Å². The number of ketones is 1. The third kappa shape index (κ3) is 14.8. The lowest BCUT2D eigenvalue weighted by molar-refractivity contribution is -0.129. The number of hydrogen-bond donors (Lipinski definition) is 1. The van der Waals surface area contributed by atoms with Crippen molar-refractivity contribution in [2.75, 3.05) is 0 Å². The summed E-state index contributed by atoms with van der Waals surface area (Å²) < 4.78 is 57.5. The molecule has 9 heteroatoms. The lowest BCUT2D eigenvalue weighted by Crippen LogP contribution is -2.21. The van der Waals surface area contributed by atoms with Crippen molar-refractivity contribution in [3.8, 4) is 0 Å². The van der Waals surface area contributed by atoms with Crippen LogP contribution < -0.4 is 0 Å². The predicted molar refractivity (Wildman–Crippen MR) is 59.5 cm³/mol. The van der Waals surface area contributed by atoms with Crippen molar-refractivity contribution >= 4 is 22.2 Å². The normalized spacial score (nSPS) is 10.3. The van der Waals surface area contributed by atoms with Crippen LogP contribution in [-0.4, -0.2) is 30.5 Å². The molecular weight excluding hydrogens is 277 g/mol. The maximum absolute atomic E-state index is 10.7. The van der Waals surface area contributed by atoms with Crippen LogP contribution in [0.1, 0.15) is 26.2 Å². The molecule has 0 radical (unpaired) electrons. The van der Waals surface area contributed by atoms with Gasteiger partial charge in [-0.3, -0.25) is 14.1 Å². The summed E-state index contributed by atoms with van der Waals surface area (Å²) in [7, 11) is -5.84. The Morgan fingerprint density at radius 1 is 1.33 bits per heavy atom. The number of unbranched alkanes of at least 4 members (excludes halogenated alkanes) is 1. The molecule has 0 unspecified atom stereocenters. The summed E-state index contributed by atoms with van der Waals surface area (Å²) in [6.07, 6.45) is 2.60. The summed E-state index contributed by atoms with van der Waals surface area (Å²) in [5.41, 5.74) is -5.53. The largest absolute Gasteiger partial charge is 0.522 e. The quantitative estimate of drug-likeness (QED) is 0.282. The number of aldehydes is 1. The lowest BCUT2D eigenvalue weighted by atomic mass is 10.2. The van der Waals surface area contributed by atoms with Crippen LogP contribution in [0.3, 0.4) is 0 Å². The van der Waals surface area contributed by atoms with E-state index in [2.05, 4.69) is 13.2 Å². The second-order valence-electron chi connectivity index (χ2n) is 2.61.